The van der Waals surface area contributed by atoms with Gasteiger partial charge in [0.25, 0.3) is 0 Å². The third-order valence-electron chi connectivity index (χ3n) is 4.34. The number of nitrogens with one attached hydrogen (secondary N) is 2. The van der Waals surface area contributed by atoms with Gasteiger partial charge >= 0.3 is 0 Å². The van der Waals surface area contributed by atoms with E-state index in [4.69, 9.17) is 28.2 Å². The maximum atomic E-state index is 6.16. The molecule has 1 aromatic heterocycles. The van der Waals surface area contributed by atoms with Crippen molar-refractivity contribution in [2.75, 3.05) is 25.0 Å². The Morgan fingerprint density at radius 3 is 2.79 bits per heavy atom. The summed E-state index contributed by atoms with van der Waals surface area (Å²) in [6, 6.07) is 9.99. The average Bonchev–Trinajstić information content (AvgIpc) is 3.25. The monoisotopic (exact) mass is 363 g/mol. The van der Waals surface area contributed by atoms with E-state index in [0.717, 1.165) is 35.1 Å². The lowest BCUT2D eigenvalue weighted by Crippen LogP contribution is -2.38. The Kier molecular flexibility index (Phi) is 5.76. The molecule has 1 aromatic carbocycles. The summed E-state index contributed by atoms with van der Waals surface area (Å²) >= 11 is 11.6. The van der Waals surface area contributed by atoms with Crippen LogP contribution < -0.4 is 10.6 Å². The second kappa shape index (κ2) is 8.01. The molecule has 0 radical (unpaired) electrons. The Bertz CT molecular complexity index is 684. The number of likely N-dealkylation sites (tertiary alicyclic amines) is 1. The fourth-order valence-corrected chi connectivity index (χ4v) is 3.36. The first-order valence-electron chi connectivity index (χ1n) is 8.22. The molecular weight excluding hydrogens is 342 g/mol. The van der Waals surface area contributed by atoms with E-state index in [1.165, 1.54) is 12.8 Å². The molecule has 0 unspecified atom stereocenters. The van der Waals surface area contributed by atoms with Crippen LogP contribution in [0, 0.1) is 6.92 Å². The molecule has 0 spiro atoms. The lowest BCUT2D eigenvalue weighted by Gasteiger charge is -2.26. The van der Waals surface area contributed by atoms with Gasteiger partial charge in [-0.3, -0.25) is 4.90 Å². The van der Waals surface area contributed by atoms with Crippen LogP contribution in [0.2, 0.25) is 5.02 Å². The predicted octanol–water partition coefficient (Wildman–Crippen LogP) is 4.36. The quantitative estimate of drug-likeness (QED) is 0.772. The molecule has 0 aliphatic carbocycles. The Labute approximate surface area is 153 Å². The zero-order chi connectivity index (χ0) is 16.9. The SMILES string of the molecule is Cc1ccc(NC(=S)NC[C@@H](c2ccco2)N2CCCC2)cc1Cl. The first kappa shape index (κ1) is 17.3. The third kappa shape index (κ3) is 4.29. The van der Waals surface area contributed by atoms with Crippen LogP contribution >= 0.6 is 23.8 Å². The third-order valence-corrected chi connectivity index (χ3v) is 4.99. The van der Waals surface area contributed by atoms with E-state index >= 15 is 0 Å². The van der Waals surface area contributed by atoms with Crippen LogP contribution in [0.5, 0.6) is 0 Å². The topological polar surface area (TPSA) is 40.4 Å². The van der Waals surface area contributed by atoms with Crippen molar-refractivity contribution >= 4 is 34.6 Å². The van der Waals surface area contributed by atoms with Gasteiger partial charge in [0, 0.05) is 17.3 Å². The minimum atomic E-state index is 0.198. The number of halogens is 1. The summed E-state index contributed by atoms with van der Waals surface area (Å²) in [6.07, 6.45) is 4.20. The minimum absolute atomic E-state index is 0.198. The van der Waals surface area contributed by atoms with E-state index in [1.807, 2.05) is 37.3 Å². The Morgan fingerprint density at radius 2 is 2.12 bits per heavy atom. The van der Waals surface area contributed by atoms with Gasteiger partial charge in [0.2, 0.25) is 0 Å². The molecule has 4 nitrogen and oxygen atoms in total. The van der Waals surface area contributed by atoms with Crippen molar-refractivity contribution < 1.29 is 4.42 Å². The van der Waals surface area contributed by atoms with Crippen molar-refractivity contribution in [1.82, 2.24) is 10.2 Å². The standard InChI is InChI=1S/C18H22ClN3OS/c1-13-6-7-14(11-15(13)19)21-18(24)20-12-16(17-5-4-10-23-17)22-8-2-3-9-22/h4-7,10-11,16H,2-3,8-9,12H2,1H3,(H2,20,21,24)/t16-/m0/s1. The zero-order valence-electron chi connectivity index (χ0n) is 13.7. The minimum Gasteiger partial charge on any atom is -0.468 e. The molecule has 1 saturated heterocycles. The number of furan rings is 1. The van der Waals surface area contributed by atoms with E-state index in [9.17, 15) is 0 Å². The summed E-state index contributed by atoms with van der Waals surface area (Å²) in [4.78, 5) is 2.44. The molecule has 2 aromatic rings. The molecular formula is C18H22ClN3OS. The number of aryl methyl sites for hydroxylation is 1. The molecule has 0 bridgehead atoms. The number of nitrogens with zero attached hydrogens (tertiary/aromatic N) is 1. The van der Waals surface area contributed by atoms with Gasteiger partial charge < -0.3 is 15.1 Å². The lowest BCUT2D eigenvalue weighted by atomic mass is 10.2. The van der Waals surface area contributed by atoms with Crippen molar-refractivity contribution in [3.63, 3.8) is 0 Å². The van der Waals surface area contributed by atoms with Gasteiger partial charge in [-0.15, -0.1) is 0 Å². The van der Waals surface area contributed by atoms with Crippen LogP contribution in [0.15, 0.2) is 41.0 Å². The van der Waals surface area contributed by atoms with Crippen LogP contribution in [0.4, 0.5) is 5.69 Å². The van der Waals surface area contributed by atoms with Crippen LogP contribution in [0.25, 0.3) is 0 Å². The van der Waals surface area contributed by atoms with Crippen molar-refractivity contribution in [3.05, 3.63) is 52.9 Å². The number of thiocarbonyl (C=S) groups is 1. The van der Waals surface area contributed by atoms with Gasteiger partial charge in [0.1, 0.15) is 5.76 Å². The van der Waals surface area contributed by atoms with Crippen molar-refractivity contribution in [1.29, 1.82) is 0 Å². The van der Waals surface area contributed by atoms with E-state index in [2.05, 4.69) is 15.5 Å². The number of rotatable bonds is 5. The van der Waals surface area contributed by atoms with Crippen molar-refractivity contribution in [2.24, 2.45) is 0 Å². The fraction of sp³-hybridized carbons (Fsp3) is 0.389. The zero-order valence-corrected chi connectivity index (χ0v) is 15.3. The first-order chi connectivity index (χ1) is 11.6. The molecule has 1 aliphatic heterocycles. The maximum Gasteiger partial charge on any atom is 0.170 e. The highest BCUT2D eigenvalue weighted by Gasteiger charge is 2.25. The molecule has 1 fully saturated rings. The van der Waals surface area contributed by atoms with E-state index in [0.29, 0.717) is 11.7 Å². The van der Waals surface area contributed by atoms with Gasteiger partial charge in [-0.25, -0.2) is 0 Å². The summed E-state index contributed by atoms with van der Waals surface area (Å²) in [5, 5.41) is 7.81. The number of anilines is 1. The molecule has 0 amide bonds. The summed E-state index contributed by atoms with van der Waals surface area (Å²) in [6.45, 7) is 4.88. The molecule has 2 heterocycles. The highest BCUT2D eigenvalue weighted by Crippen LogP contribution is 2.25. The average molecular weight is 364 g/mol. The largest absolute Gasteiger partial charge is 0.468 e. The van der Waals surface area contributed by atoms with Crippen molar-refractivity contribution in [3.8, 4) is 0 Å². The van der Waals surface area contributed by atoms with E-state index in [-0.39, 0.29) is 6.04 Å². The first-order valence-corrected chi connectivity index (χ1v) is 9.00. The Balaban J connectivity index is 1.59. The van der Waals surface area contributed by atoms with Crippen LogP contribution in [-0.4, -0.2) is 29.6 Å². The molecule has 2 N–H and O–H groups in total. The van der Waals surface area contributed by atoms with E-state index in [1.54, 1.807) is 6.26 Å². The smallest absolute Gasteiger partial charge is 0.170 e. The summed E-state index contributed by atoms with van der Waals surface area (Å²) < 4.78 is 5.62. The summed E-state index contributed by atoms with van der Waals surface area (Å²) in [7, 11) is 0. The van der Waals surface area contributed by atoms with Crippen LogP contribution in [0.1, 0.15) is 30.2 Å². The number of hydrogen-bond donors (Lipinski definition) is 2. The molecule has 6 heteroatoms. The molecule has 0 saturated carbocycles. The maximum absolute atomic E-state index is 6.16. The lowest BCUT2D eigenvalue weighted by molar-refractivity contribution is 0.216. The van der Waals surface area contributed by atoms with Gasteiger partial charge in [0.15, 0.2) is 5.11 Å². The van der Waals surface area contributed by atoms with Crippen LogP contribution in [-0.2, 0) is 0 Å². The van der Waals surface area contributed by atoms with Gasteiger partial charge in [-0.05, 0) is 74.9 Å². The summed E-state index contributed by atoms with van der Waals surface area (Å²) in [5.41, 5.74) is 1.94. The second-order valence-corrected chi connectivity index (χ2v) is 6.89. The van der Waals surface area contributed by atoms with E-state index < -0.39 is 0 Å². The highest BCUT2D eigenvalue weighted by molar-refractivity contribution is 7.80. The number of hydrogen-bond acceptors (Lipinski definition) is 3. The number of benzene rings is 1. The Hall–Kier alpha value is -1.56. The predicted molar refractivity (Wildman–Crippen MR) is 103 cm³/mol. The van der Waals surface area contributed by atoms with Gasteiger partial charge in [-0.1, -0.05) is 17.7 Å². The normalized spacial score (nSPS) is 16.1. The van der Waals surface area contributed by atoms with Crippen molar-refractivity contribution in [2.45, 2.75) is 25.8 Å². The Morgan fingerprint density at radius 1 is 1.33 bits per heavy atom. The molecule has 3 rings (SSSR count). The van der Waals surface area contributed by atoms with Gasteiger partial charge in [0.05, 0.1) is 12.3 Å². The van der Waals surface area contributed by atoms with Crippen LogP contribution in [0.3, 0.4) is 0 Å². The summed E-state index contributed by atoms with van der Waals surface area (Å²) in [5.74, 6) is 0.977. The fourth-order valence-electron chi connectivity index (χ4n) is 2.98. The second-order valence-electron chi connectivity index (χ2n) is 6.07. The molecule has 1 aliphatic rings. The molecule has 24 heavy (non-hydrogen) atoms. The van der Waals surface area contributed by atoms with Gasteiger partial charge in [-0.2, -0.15) is 0 Å². The molecule has 128 valence electrons. The highest BCUT2D eigenvalue weighted by atomic mass is 35.5. The molecule has 1 atom stereocenters.